The normalized spacial score (nSPS) is 14.0. The molecule has 0 saturated heterocycles. The predicted octanol–water partition coefficient (Wildman–Crippen LogP) is 2.41. The molecule has 1 aromatic carbocycles. The smallest absolute Gasteiger partial charge is 0.232 e. The SMILES string of the molecule is Cc1oc(-c2ccccc2)nc1CC(=O)NC1=NCCS1. The molecule has 1 aromatic heterocycles. The highest BCUT2D eigenvalue weighted by molar-refractivity contribution is 8.14. The molecule has 2 heterocycles. The first-order valence-electron chi connectivity index (χ1n) is 6.71. The highest BCUT2D eigenvalue weighted by Gasteiger charge is 2.16. The van der Waals surface area contributed by atoms with Gasteiger partial charge in [-0.05, 0) is 19.1 Å². The number of amides is 1. The van der Waals surface area contributed by atoms with E-state index in [1.54, 1.807) is 11.8 Å². The van der Waals surface area contributed by atoms with Crippen LogP contribution in [0.15, 0.2) is 39.7 Å². The van der Waals surface area contributed by atoms with Crippen LogP contribution >= 0.6 is 11.8 Å². The number of nitrogens with zero attached hydrogens (tertiary/aromatic N) is 2. The first-order chi connectivity index (χ1) is 10.2. The van der Waals surface area contributed by atoms with E-state index >= 15 is 0 Å². The Labute approximate surface area is 126 Å². The maximum atomic E-state index is 12.0. The van der Waals surface area contributed by atoms with E-state index in [4.69, 9.17) is 4.42 Å². The number of carbonyl (C=O) groups excluding carboxylic acids is 1. The zero-order valence-electron chi connectivity index (χ0n) is 11.6. The molecule has 1 aliphatic rings. The minimum atomic E-state index is -0.112. The number of aliphatic imine (C=N–C) groups is 1. The molecule has 1 N–H and O–H groups in total. The second kappa shape index (κ2) is 6.13. The summed E-state index contributed by atoms with van der Waals surface area (Å²) in [7, 11) is 0. The van der Waals surface area contributed by atoms with Crippen molar-refractivity contribution in [1.29, 1.82) is 0 Å². The molecule has 0 bridgehead atoms. The van der Waals surface area contributed by atoms with Gasteiger partial charge in [0.15, 0.2) is 5.17 Å². The minimum Gasteiger partial charge on any atom is -0.441 e. The lowest BCUT2D eigenvalue weighted by atomic mass is 10.2. The molecule has 1 aliphatic heterocycles. The average Bonchev–Trinajstić information content (AvgIpc) is 3.11. The number of aryl methyl sites for hydroxylation is 1. The van der Waals surface area contributed by atoms with E-state index in [0.29, 0.717) is 22.5 Å². The summed E-state index contributed by atoms with van der Waals surface area (Å²) in [5, 5.41) is 3.49. The molecule has 0 radical (unpaired) electrons. The Morgan fingerprint density at radius 3 is 2.90 bits per heavy atom. The van der Waals surface area contributed by atoms with Crippen LogP contribution in [0, 0.1) is 6.92 Å². The fourth-order valence-corrected chi connectivity index (χ4v) is 2.77. The van der Waals surface area contributed by atoms with Crippen molar-refractivity contribution in [3.05, 3.63) is 41.8 Å². The van der Waals surface area contributed by atoms with Crippen LogP contribution in [0.2, 0.25) is 0 Å². The van der Waals surface area contributed by atoms with Gasteiger partial charge in [0, 0.05) is 11.3 Å². The summed E-state index contributed by atoms with van der Waals surface area (Å²) in [5.41, 5.74) is 1.57. The molecule has 0 atom stereocenters. The van der Waals surface area contributed by atoms with Gasteiger partial charge in [0.05, 0.1) is 18.7 Å². The van der Waals surface area contributed by atoms with Crippen molar-refractivity contribution in [3.8, 4) is 11.5 Å². The van der Waals surface area contributed by atoms with Crippen molar-refractivity contribution in [3.63, 3.8) is 0 Å². The Bertz CT molecular complexity index is 679. The van der Waals surface area contributed by atoms with E-state index in [1.807, 2.05) is 37.3 Å². The van der Waals surface area contributed by atoms with E-state index in [1.165, 1.54) is 0 Å². The largest absolute Gasteiger partial charge is 0.441 e. The zero-order chi connectivity index (χ0) is 14.7. The second-order valence-corrected chi connectivity index (χ2v) is 5.73. The van der Waals surface area contributed by atoms with Crippen molar-refractivity contribution in [2.24, 2.45) is 4.99 Å². The number of oxazole rings is 1. The van der Waals surface area contributed by atoms with E-state index in [9.17, 15) is 4.79 Å². The Morgan fingerprint density at radius 1 is 1.38 bits per heavy atom. The summed E-state index contributed by atoms with van der Waals surface area (Å²) >= 11 is 1.56. The number of hydrogen-bond donors (Lipinski definition) is 1. The van der Waals surface area contributed by atoms with Crippen LogP contribution in [0.1, 0.15) is 11.5 Å². The molecule has 108 valence electrons. The highest BCUT2D eigenvalue weighted by atomic mass is 32.2. The molecular formula is C15H15N3O2S. The summed E-state index contributed by atoms with van der Waals surface area (Å²) in [6.07, 6.45) is 0.196. The van der Waals surface area contributed by atoms with Crippen LogP contribution in [0.3, 0.4) is 0 Å². The van der Waals surface area contributed by atoms with Gasteiger partial charge in [-0.15, -0.1) is 0 Å². The number of nitrogens with one attached hydrogen (secondary N) is 1. The van der Waals surface area contributed by atoms with Crippen molar-refractivity contribution < 1.29 is 9.21 Å². The number of thioether (sulfide) groups is 1. The van der Waals surface area contributed by atoms with Gasteiger partial charge in [-0.1, -0.05) is 30.0 Å². The predicted molar refractivity (Wildman–Crippen MR) is 83.3 cm³/mol. The van der Waals surface area contributed by atoms with Crippen LogP contribution < -0.4 is 5.32 Å². The summed E-state index contributed by atoms with van der Waals surface area (Å²) in [4.78, 5) is 20.6. The number of amidine groups is 1. The summed E-state index contributed by atoms with van der Waals surface area (Å²) in [6, 6.07) is 9.65. The van der Waals surface area contributed by atoms with Gasteiger partial charge in [0.1, 0.15) is 5.76 Å². The van der Waals surface area contributed by atoms with Crippen molar-refractivity contribution in [1.82, 2.24) is 10.3 Å². The topological polar surface area (TPSA) is 67.5 Å². The number of aromatic nitrogens is 1. The lowest BCUT2D eigenvalue weighted by Crippen LogP contribution is -2.29. The molecule has 0 spiro atoms. The Hall–Kier alpha value is -2.08. The molecule has 6 heteroatoms. The molecule has 21 heavy (non-hydrogen) atoms. The van der Waals surface area contributed by atoms with Crippen molar-refractivity contribution in [2.45, 2.75) is 13.3 Å². The molecular weight excluding hydrogens is 286 g/mol. The minimum absolute atomic E-state index is 0.112. The fraction of sp³-hybridized carbons (Fsp3) is 0.267. The van der Waals surface area contributed by atoms with Crippen LogP contribution in [-0.4, -0.2) is 28.4 Å². The third kappa shape index (κ3) is 3.33. The zero-order valence-corrected chi connectivity index (χ0v) is 12.4. The molecule has 1 amide bonds. The third-order valence-corrected chi connectivity index (χ3v) is 3.96. The quantitative estimate of drug-likeness (QED) is 0.945. The molecule has 0 aliphatic carbocycles. The number of rotatable bonds is 3. The van der Waals surface area contributed by atoms with Gasteiger partial charge < -0.3 is 9.73 Å². The van der Waals surface area contributed by atoms with Gasteiger partial charge in [-0.25, -0.2) is 4.98 Å². The summed E-state index contributed by atoms with van der Waals surface area (Å²) in [5.74, 6) is 2.03. The third-order valence-electron chi connectivity index (χ3n) is 3.07. The molecule has 3 rings (SSSR count). The summed E-state index contributed by atoms with van der Waals surface area (Å²) in [6.45, 7) is 2.59. The van der Waals surface area contributed by atoms with E-state index in [2.05, 4.69) is 15.3 Å². The van der Waals surface area contributed by atoms with Crippen LogP contribution in [0.5, 0.6) is 0 Å². The van der Waals surface area contributed by atoms with Gasteiger partial charge in [0.2, 0.25) is 11.8 Å². The van der Waals surface area contributed by atoms with E-state index in [-0.39, 0.29) is 12.3 Å². The monoisotopic (exact) mass is 301 g/mol. The number of hydrogen-bond acceptors (Lipinski definition) is 5. The van der Waals surface area contributed by atoms with Gasteiger partial charge in [0.25, 0.3) is 0 Å². The standard InChI is InChI=1S/C15H15N3O2S/c1-10-12(9-13(19)18-15-16-7-8-21-15)17-14(20-10)11-5-3-2-4-6-11/h2-6H,7-9H2,1H3,(H,16,18,19). The number of carbonyl (C=O) groups is 1. The Balaban J connectivity index is 1.71. The molecule has 2 aromatic rings. The van der Waals surface area contributed by atoms with E-state index in [0.717, 1.165) is 17.9 Å². The van der Waals surface area contributed by atoms with Crippen LogP contribution in [0.4, 0.5) is 0 Å². The average molecular weight is 301 g/mol. The molecule has 0 fully saturated rings. The fourth-order valence-electron chi connectivity index (χ4n) is 2.02. The van der Waals surface area contributed by atoms with E-state index < -0.39 is 0 Å². The highest BCUT2D eigenvalue weighted by Crippen LogP contribution is 2.21. The van der Waals surface area contributed by atoms with Gasteiger partial charge in [-0.2, -0.15) is 0 Å². The summed E-state index contributed by atoms with van der Waals surface area (Å²) < 4.78 is 5.65. The second-order valence-electron chi connectivity index (χ2n) is 4.65. The maximum Gasteiger partial charge on any atom is 0.232 e. The van der Waals surface area contributed by atoms with Crippen LogP contribution in [0.25, 0.3) is 11.5 Å². The van der Waals surface area contributed by atoms with Crippen LogP contribution in [-0.2, 0) is 11.2 Å². The van der Waals surface area contributed by atoms with Gasteiger partial charge >= 0.3 is 0 Å². The lowest BCUT2D eigenvalue weighted by molar-refractivity contribution is -0.119. The molecule has 5 nitrogen and oxygen atoms in total. The first-order valence-corrected chi connectivity index (χ1v) is 7.70. The molecule has 0 saturated carbocycles. The van der Waals surface area contributed by atoms with Gasteiger partial charge in [-0.3, -0.25) is 9.79 Å². The Kier molecular flexibility index (Phi) is 4.06. The lowest BCUT2D eigenvalue weighted by Gasteiger charge is -2.01. The molecule has 0 unspecified atom stereocenters. The first kappa shape index (κ1) is 13.9. The van der Waals surface area contributed by atoms with Crippen molar-refractivity contribution >= 4 is 22.8 Å². The Morgan fingerprint density at radius 2 is 2.19 bits per heavy atom. The van der Waals surface area contributed by atoms with Crippen molar-refractivity contribution in [2.75, 3.05) is 12.3 Å². The maximum absolute atomic E-state index is 12.0. The number of benzene rings is 1.